The summed E-state index contributed by atoms with van der Waals surface area (Å²) in [5.74, 6) is 5.04. The summed E-state index contributed by atoms with van der Waals surface area (Å²) in [5, 5.41) is 4.10. The molecule has 1 saturated carbocycles. The van der Waals surface area contributed by atoms with Crippen molar-refractivity contribution in [3.8, 4) is 50.4 Å². The van der Waals surface area contributed by atoms with Crippen LogP contribution in [0.4, 0.5) is 0 Å². The monoisotopic (exact) mass is 1300 g/mol. The predicted octanol–water partition coefficient (Wildman–Crippen LogP) is 16.3. The van der Waals surface area contributed by atoms with Gasteiger partial charge in [0.1, 0.15) is 42.2 Å². The first-order valence-corrected chi connectivity index (χ1v) is 32.3. The van der Waals surface area contributed by atoms with Crippen molar-refractivity contribution < 1.29 is 46.8 Å². The number of allylic oxidation sites excluding steroid dienone is 2. The van der Waals surface area contributed by atoms with Crippen LogP contribution in [-0.4, -0.2) is 81.3 Å². The summed E-state index contributed by atoms with van der Waals surface area (Å²) < 4.78 is 122. The number of aromatic nitrogens is 13. The highest BCUT2D eigenvalue weighted by Crippen LogP contribution is 2.55. The Kier molecular flexibility index (Phi) is 12.3. The second-order valence-electron chi connectivity index (χ2n) is 27.0. The van der Waals surface area contributed by atoms with Gasteiger partial charge in [0, 0.05) is 167 Å². The van der Waals surface area contributed by atoms with Crippen molar-refractivity contribution in [3.05, 3.63) is 233 Å². The Morgan fingerprint density at radius 3 is 1.44 bits per heavy atom. The smallest absolute Gasteiger partial charge is 0.282 e. The quantitative estimate of drug-likeness (QED) is 0.143. The van der Waals surface area contributed by atoms with Gasteiger partial charge in [0.15, 0.2) is 5.78 Å². The number of nitrogens with zero attached hydrogens (tertiary/aromatic N) is 15. The summed E-state index contributed by atoms with van der Waals surface area (Å²) in [5.41, 5.74) is 17.3. The normalized spacial score (nSPS) is 26.4. The molecule has 0 amide bonds. The highest BCUT2D eigenvalue weighted by Gasteiger charge is 2.57. The first-order valence-electron chi connectivity index (χ1n) is 43.3. The molecule has 0 spiro atoms. The lowest BCUT2D eigenvalue weighted by Gasteiger charge is -2.46. The Balaban J connectivity index is 0.000000398. The van der Waals surface area contributed by atoms with Crippen LogP contribution in [0.1, 0.15) is 169 Å². The lowest BCUT2D eigenvalue weighted by Crippen LogP contribution is -2.51. The van der Waals surface area contributed by atoms with Crippen LogP contribution in [0.5, 0.6) is 0 Å². The van der Waals surface area contributed by atoms with Gasteiger partial charge < -0.3 is 27.9 Å². The van der Waals surface area contributed by atoms with E-state index >= 15 is 0 Å². The maximum Gasteiger partial charge on any atom is 0.282 e. The number of Topliss-reactive ketones (excluding diaryl/α,β-unsaturated/α-hetero) is 2. The van der Waals surface area contributed by atoms with E-state index in [1.165, 1.54) is 41.0 Å². The Hall–Kier alpha value is -10.2. The molecule has 0 saturated heterocycles. The Bertz CT molecular complexity index is 4770. The number of ketones is 2. The molecule has 7 heterocycles. The summed E-state index contributed by atoms with van der Waals surface area (Å²) in [7, 11) is 0. The zero-order valence-corrected chi connectivity index (χ0v) is 53.9. The molecule has 18 heteroatoms. The van der Waals surface area contributed by atoms with E-state index < -0.39 is 11.5 Å². The lowest BCUT2D eigenvalue weighted by atomic mass is 9.56. The van der Waals surface area contributed by atoms with Crippen molar-refractivity contribution in [2.24, 2.45) is 29.6 Å². The van der Waals surface area contributed by atoms with Crippen molar-refractivity contribution in [1.82, 2.24) is 63.7 Å². The number of fused-ring (bicyclic) bond motifs is 10. The SMILES string of the molecule is Cc1nc2c(n1-c1cccc(-c3cncnc3)c1)CC[C@H]1[C@H](C)c3oncc3C[C@]21C.[3H][3H].[3H][3H].[3H][3H].[3H][3H].[3H][3H].[3H][3H].[3H][3H].[3H][3H].[3H][3H].[3H][3H].[3H][3H].[C-]#[N+]C1=C[C@]2(C)c3nc(C)n(-c4cccc(-c5cncnc5)c4)c3CC[C@H]2[C@H](C)C1=O.[C-]#[N+]C1C[C@]2(C)c3nc(C)n(-c4cccc(-c5cncnc5)c4)c3CC[C@H]2[C@H](C)C1=O. The van der Waals surface area contributed by atoms with Crippen molar-refractivity contribution in [2.75, 3.05) is 0 Å². The molecule has 18 nitrogen and oxygen atoms in total. The first-order chi connectivity index (χ1) is 55.9. The van der Waals surface area contributed by atoms with Gasteiger partial charge in [0.05, 0.1) is 29.9 Å². The average Bonchev–Trinajstić information content (AvgIpc) is 1.59. The highest BCUT2D eigenvalue weighted by molar-refractivity contribution is 6.00. The summed E-state index contributed by atoms with van der Waals surface area (Å²) in [6.07, 6.45) is 26.6. The van der Waals surface area contributed by atoms with Crippen LogP contribution in [0.15, 0.2) is 151 Å². The molecule has 0 N–H and O–H groups in total. The van der Waals surface area contributed by atoms with Gasteiger partial charge in [0.25, 0.3) is 6.04 Å². The van der Waals surface area contributed by atoms with Gasteiger partial charge in [-0.15, -0.1) is 0 Å². The van der Waals surface area contributed by atoms with E-state index in [1.54, 1.807) is 6.33 Å². The predicted molar refractivity (Wildman–Crippen MR) is 375 cm³/mol. The van der Waals surface area contributed by atoms with Crippen LogP contribution < -0.4 is 0 Å². The molecule has 0 aliphatic heterocycles. The van der Waals surface area contributed by atoms with Crippen molar-refractivity contribution >= 4 is 11.6 Å². The summed E-state index contributed by atoms with van der Waals surface area (Å²) in [4.78, 5) is 72.6. The minimum Gasteiger partial charge on any atom is -0.361 e. The average molecular weight is 1300 g/mol. The third kappa shape index (κ3) is 10.0. The molecule has 16 rings (SSSR count). The van der Waals surface area contributed by atoms with Gasteiger partial charge in [-0.25, -0.2) is 56.3 Å². The third-order valence-corrected chi connectivity index (χ3v) is 21.7. The fourth-order valence-electron chi connectivity index (χ4n) is 17.3. The maximum absolute atomic E-state index is 12.7. The van der Waals surface area contributed by atoms with E-state index in [9.17, 15) is 9.59 Å². The fraction of sp³-hybridized carbons (Fsp3) is 0.360. The maximum atomic E-state index is 12.7. The van der Waals surface area contributed by atoms with Crippen LogP contribution >= 0.6 is 0 Å². The van der Waals surface area contributed by atoms with Gasteiger partial charge in [-0.1, -0.05) is 89.2 Å². The fourth-order valence-corrected chi connectivity index (χ4v) is 17.3. The molecule has 0 bridgehead atoms. The minimum atomic E-state index is -0.561. The van der Waals surface area contributed by atoms with Crippen LogP contribution in [0.2, 0.25) is 0 Å². The van der Waals surface area contributed by atoms with E-state index in [4.69, 9.17) is 65.3 Å². The van der Waals surface area contributed by atoms with Gasteiger partial charge in [-0.05, 0) is 137 Å². The van der Waals surface area contributed by atoms with Gasteiger partial charge >= 0.3 is 0 Å². The number of imidazole rings is 3. The molecule has 1 fully saturated rings. The minimum absolute atomic E-state index is 0.00750. The molecule has 93 heavy (non-hydrogen) atoms. The topological polar surface area (TPSA) is 200 Å². The molecule has 0 radical (unpaired) electrons. The number of benzene rings is 3. The number of rotatable bonds is 6. The largest absolute Gasteiger partial charge is 0.361 e. The molecular formula is C75H95N15O3. The van der Waals surface area contributed by atoms with Crippen LogP contribution in [-0.2, 0) is 51.5 Å². The number of carbonyl (C=O) groups is 2. The number of carbonyl (C=O) groups excluding carboxylic acids is 2. The van der Waals surface area contributed by atoms with Gasteiger partial charge in [-0.3, -0.25) is 4.79 Å². The Morgan fingerprint density at radius 1 is 0.548 bits per heavy atom. The standard InChI is InChI=1S/2C25H25N5O.C25H23N5O.11H2/c1-15-21-7-8-22-24(25(21,3)10-18-13-28-31-23(15)18)29-16(2)30(22)20-6-4-5-17(9-20)19-11-26-14-27-12-19;2*1-15-20-8-9-22-24(25(20,3)11-21(26-4)23(15)31)29-16(2)30(22)19-7-5-6-17(10-19)18-12-27-14-28-13-18;;;;;;;;;;;/h4-6,9,11-15,21H,7-8,10H2,1-3H3;5-7,10,12-15,20-21H,8-9,11H2,1-3H3;5-7,10-15,20H,8-9H2,1-3H3;11*1H/t15-,21-,25-;15-,20-,21?,25-;15-,20-,25-;;;;;;;;;;;/m000.........../s1/i;;;11*1+2T. The number of hydrogen-bond donors (Lipinski definition) is 0. The van der Waals surface area contributed by atoms with Gasteiger partial charge in [-0.2, -0.15) is 0 Å². The molecule has 3 aromatic carbocycles. The summed E-state index contributed by atoms with van der Waals surface area (Å²) in [6, 6.07) is 24.7. The van der Waals surface area contributed by atoms with Crippen LogP contribution in [0, 0.1) is 63.5 Å². The molecule has 10 atom stereocenters. The van der Waals surface area contributed by atoms with E-state index in [1.807, 2.05) is 89.3 Å². The zero-order chi connectivity index (χ0) is 86.7. The zero-order valence-electron chi connectivity index (χ0n) is 75.9. The van der Waals surface area contributed by atoms with E-state index in [0.29, 0.717) is 18.3 Å². The molecule has 10 aromatic rings. The van der Waals surface area contributed by atoms with Crippen molar-refractivity contribution in [2.45, 2.75) is 142 Å². The molecule has 6 aliphatic carbocycles. The summed E-state index contributed by atoms with van der Waals surface area (Å²) in [6.45, 7) is 34.2. The summed E-state index contributed by atoms with van der Waals surface area (Å²) >= 11 is 0. The van der Waals surface area contributed by atoms with E-state index in [0.717, 1.165) is 130 Å². The molecule has 7 aromatic heterocycles. The molecule has 1 unspecified atom stereocenters. The molecule has 6 aliphatic rings. The molecular weight excluding hydrogens is 1160 g/mol. The Labute approximate surface area is 575 Å². The number of aryl methyl sites for hydroxylation is 3. The third-order valence-electron chi connectivity index (χ3n) is 21.7. The second kappa shape index (κ2) is 23.5. The molecule has 488 valence electrons. The van der Waals surface area contributed by atoms with Crippen molar-refractivity contribution in [1.29, 1.82) is 0 Å². The van der Waals surface area contributed by atoms with Crippen LogP contribution in [0.25, 0.3) is 60.1 Å². The number of hydrogen-bond acceptors (Lipinski definition) is 13. The highest BCUT2D eigenvalue weighted by atomic mass is 16.5. The first kappa shape index (κ1) is 48.6. The van der Waals surface area contributed by atoms with E-state index in [-0.39, 0.29) is 51.8 Å². The van der Waals surface area contributed by atoms with Gasteiger partial charge in [0.2, 0.25) is 11.5 Å². The van der Waals surface area contributed by atoms with Crippen LogP contribution in [0.3, 0.4) is 0 Å². The Morgan fingerprint density at radius 2 is 0.978 bits per heavy atom. The lowest BCUT2D eigenvalue weighted by molar-refractivity contribution is -0.129. The van der Waals surface area contributed by atoms with Crippen molar-refractivity contribution in [3.63, 3.8) is 0 Å². The van der Waals surface area contributed by atoms with E-state index in [2.05, 4.69) is 154 Å². The second-order valence-corrected chi connectivity index (χ2v) is 27.0.